The van der Waals surface area contributed by atoms with Gasteiger partial charge in [-0.15, -0.1) is 0 Å². The second-order valence-electron chi connectivity index (χ2n) is 4.86. The van der Waals surface area contributed by atoms with E-state index in [9.17, 15) is 0 Å². The van der Waals surface area contributed by atoms with Crippen molar-refractivity contribution in [3.8, 4) is 17.0 Å². The molecular weight excluding hydrogens is 318 g/mol. The summed E-state index contributed by atoms with van der Waals surface area (Å²) in [6.45, 7) is 0.717. The fraction of sp³-hybridized carbons (Fsp3) is 0.333. The molecule has 1 heterocycles. The molecule has 1 aliphatic carbocycles. The van der Waals surface area contributed by atoms with Gasteiger partial charge in [-0.3, -0.25) is 0 Å². The van der Waals surface area contributed by atoms with Crippen LogP contribution in [0.25, 0.3) is 11.3 Å². The molecule has 104 valence electrons. The van der Waals surface area contributed by atoms with Crippen LogP contribution in [0.1, 0.15) is 18.7 Å². The highest BCUT2D eigenvalue weighted by Gasteiger charge is 2.20. The fourth-order valence-electron chi connectivity index (χ4n) is 2.04. The van der Waals surface area contributed by atoms with E-state index in [1.54, 1.807) is 13.3 Å². The van der Waals surface area contributed by atoms with Crippen molar-refractivity contribution >= 4 is 15.9 Å². The van der Waals surface area contributed by atoms with E-state index in [4.69, 9.17) is 4.74 Å². The van der Waals surface area contributed by atoms with Crippen LogP contribution in [0.2, 0.25) is 0 Å². The van der Waals surface area contributed by atoms with Gasteiger partial charge in [-0.1, -0.05) is 15.9 Å². The first-order valence-corrected chi connectivity index (χ1v) is 7.45. The minimum atomic E-state index is 0.655. The largest absolute Gasteiger partial charge is 0.496 e. The van der Waals surface area contributed by atoms with Crippen LogP contribution in [-0.2, 0) is 6.54 Å². The molecule has 1 saturated carbocycles. The van der Waals surface area contributed by atoms with Gasteiger partial charge in [-0.05, 0) is 37.1 Å². The highest BCUT2D eigenvalue weighted by Crippen LogP contribution is 2.31. The van der Waals surface area contributed by atoms with E-state index >= 15 is 0 Å². The molecule has 0 amide bonds. The third kappa shape index (κ3) is 3.16. The molecule has 20 heavy (non-hydrogen) atoms. The Morgan fingerprint density at radius 1 is 1.35 bits per heavy atom. The Kier molecular flexibility index (Phi) is 3.98. The van der Waals surface area contributed by atoms with E-state index in [1.807, 2.05) is 24.3 Å². The van der Waals surface area contributed by atoms with Gasteiger partial charge in [-0.2, -0.15) is 0 Å². The summed E-state index contributed by atoms with van der Waals surface area (Å²) in [6, 6.07) is 8.47. The van der Waals surface area contributed by atoms with Crippen LogP contribution in [0.3, 0.4) is 0 Å². The summed E-state index contributed by atoms with van der Waals surface area (Å²) >= 11 is 3.49. The van der Waals surface area contributed by atoms with Gasteiger partial charge >= 0.3 is 0 Å². The van der Waals surface area contributed by atoms with Crippen molar-refractivity contribution in [2.75, 3.05) is 7.11 Å². The first kappa shape index (κ1) is 13.5. The predicted octanol–water partition coefficient (Wildman–Crippen LogP) is 3.17. The Morgan fingerprint density at radius 2 is 2.20 bits per heavy atom. The SMILES string of the molecule is COc1ccc(Br)cc1-c1ccnc(CNC2CC2)n1. The Bertz CT molecular complexity index is 614. The zero-order chi connectivity index (χ0) is 13.9. The minimum Gasteiger partial charge on any atom is -0.496 e. The Labute approximate surface area is 126 Å². The molecule has 0 radical (unpaired) electrons. The second kappa shape index (κ2) is 5.89. The molecule has 1 aromatic heterocycles. The van der Waals surface area contributed by atoms with Crippen molar-refractivity contribution in [3.63, 3.8) is 0 Å². The lowest BCUT2D eigenvalue weighted by Gasteiger charge is -2.09. The number of hydrogen-bond acceptors (Lipinski definition) is 4. The van der Waals surface area contributed by atoms with Crippen molar-refractivity contribution in [3.05, 3.63) is 40.8 Å². The van der Waals surface area contributed by atoms with Gasteiger partial charge in [-0.25, -0.2) is 9.97 Å². The van der Waals surface area contributed by atoms with Gasteiger partial charge in [0.05, 0.1) is 19.3 Å². The van der Waals surface area contributed by atoms with Crippen molar-refractivity contribution < 1.29 is 4.74 Å². The highest BCUT2D eigenvalue weighted by molar-refractivity contribution is 9.10. The summed E-state index contributed by atoms with van der Waals surface area (Å²) in [7, 11) is 1.67. The summed E-state index contributed by atoms with van der Waals surface area (Å²) in [6.07, 6.45) is 4.32. The third-order valence-corrected chi connectivity index (χ3v) is 3.76. The normalized spacial score (nSPS) is 14.3. The van der Waals surface area contributed by atoms with Crippen LogP contribution in [0.15, 0.2) is 34.9 Å². The number of methoxy groups -OCH3 is 1. The molecule has 0 saturated heterocycles. The zero-order valence-corrected chi connectivity index (χ0v) is 12.9. The number of benzene rings is 1. The van der Waals surface area contributed by atoms with Crippen LogP contribution in [0.5, 0.6) is 5.75 Å². The number of hydrogen-bond donors (Lipinski definition) is 1. The average molecular weight is 334 g/mol. The molecule has 5 heteroatoms. The van der Waals surface area contributed by atoms with E-state index in [0.717, 1.165) is 33.8 Å². The maximum absolute atomic E-state index is 5.41. The highest BCUT2D eigenvalue weighted by atomic mass is 79.9. The minimum absolute atomic E-state index is 0.655. The molecule has 0 spiro atoms. The summed E-state index contributed by atoms with van der Waals surface area (Å²) in [5.41, 5.74) is 1.85. The maximum Gasteiger partial charge on any atom is 0.142 e. The Morgan fingerprint density at radius 3 is 2.95 bits per heavy atom. The van der Waals surface area contributed by atoms with Crippen LogP contribution in [0.4, 0.5) is 0 Å². The number of ether oxygens (including phenoxy) is 1. The number of rotatable bonds is 5. The Balaban J connectivity index is 1.88. The molecule has 1 N–H and O–H groups in total. The summed E-state index contributed by atoms with van der Waals surface area (Å²) < 4.78 is 6.41. The lowest BCUT2D eigenvalue weighted by atomic mass is 10.1. The molecule has 0 aliphatic heterocycles. The van der Waals surface area contributed by atoms with Gasteiger partial charge in [0.25, 0.3) is 0 Å². The first-order valence-electron chi connectivity index (χ1n) is 6.65. The molecule has 0 atom stereocenters. The van der Waals surface area contributed by atoms with E-state index in [2.05, 4.69) is 31.2 Å². The lowest BCUT2D eigenvalue weighted by molar-refractivity contribution is 0.416. The van der Waals surface area contributed by atoms with Crippen LogP contribution >= 0.6 is 15.9 Å². The molecule has 1 aromatic carbocycles. The van der Waals surface area contributed by atoms with E-state index in [1.165, 1.54) is 12.8 Å². The van der Waals surface area contributed by atoms with Crippen LogP contribution in [-0.4, -0.2) is 23.1 Å². The fourth-order valence-corrected chi connectivity index (χ4v) is 2.40. The monoisotopic (exact) mass is 333 g/mol. The number of nitrogens with zero attached hydrogens (tertiary/aromatic N) is 2. The molecule has 1 fully saturated rings. The molecular formula is C15H16BrN3O. The van der Waals surface area contributed by atoms with Crippen molar-refractivity contribution in [2.24, 2.45) is 0 Å². The maximum atomic E-state index is 5.41. The lowest BCUT2D eigenvalue weighted by Crippen LogP contribution is -2.17. The summed E-state index contributed by atoms with van der Waals surface area (Å²) in [4.78, 5) is 8.93. The zero-order valence-electron chi connectivity index (χ0n) is 11.3. The summed E-state index contributed by atoms with van der Waals surface area (Å²) in [5, 5.41) is 3.43. The third-order valence-electron chi connectivity index (χ3n) is 3.27. The standard InChI is InChI=1S/C15H16BrN3O/c1-20-14-5-2-10(16)8-12(14)13-6-7-17-15(19-13)9-18-11-3-4-11/h2,5-8,11,18H,3-4,9H2,1H3. The van der Waals surface area contributed by atoms with Gasteiger partial charge in [0.1, 0.15) is 11.6 Å². The van der Waals surface area contributed by atoms with Gasteiger partial charge in [0.2, 0.25) is 0 Å². The van der Waals surface area contributed by atoms with Gasteiger partial charge in [0.15, 0.2) is 0 Å². The molecule has 2 aromatic rings. The van der Waals surface area contributed by atoms with Crippen molar-refractivity contribution in [1.82, 2.24) is 15.3 Å². The molecule has 4 nitrogen and oxygen atoms in total. The van der Waals surface area contributed by atoms with Gasteiger partial charge < -0.3 is 10.1 Å². The topological polar surface area (TPSA) is 47.0 Å². The predicted molar refractivity (Wildman–Crippen MR) is 81.6 cm³/mol. The van der Waals surface area contributed by atoms with Crippen LogP contribution in [0, 0.1) is 0 Å². The smallest absolute Gasteiger partial charge is 0.142 e. The van der Waals surface area contributed by atoms with E-state index in [-0.39, 0.29) is 0 Å². The quantitative estimate of drug-likeness (QED) is 0.912. The molecule has 0 bridgehead atoms. The number of nitrogens with one attached hydrogen (secondary N) is 1. The van der Waals surface area contributed by atoms with E-state index in [0.29, 0.717) is 6.04 Å². The summed E-state index contributed by atoms with van der Waals surface area (Å²) in [5.74, 6) is 1.63. The number of aromatic nitrogens is 2. The molecule has 1 aliphatic rings. The second-order valence-corrected chi connectivity index (χ2v) is 5.77. The van der Waals surface area contributed by atoms with Gasteiger partial charge in [0, 0.05) is 22.3 Å². The molecule has 0 unspecified atom stereocenters. The number of halogens is 1. The van der Waals surface area contributed by atoms with Crippen LogP contribution < -0.4 is 10.1 Å². The van der Waals surface area contributed by atoms with E-state index < -0.39 is 0 Å². The average Bonchev–Trinajstić information content (AvgIpc) is 3.30. The molecule has 3 rings (SSSR count). The van der Waals surface area contributed by atoms with Crippen molar-refractivity contribution in [1.29, 1.82) is 0 Å². The Hall–Kier alpha value is -1.46. The van der Waals surface area contributed by atoms with Crippen molar-refractivity contribution in [2.45, 2.75) is 25.4 Å². The first-order chi connectivity index (χ1) is 9.76.